The summed E-state index contributed by atoms with van der Waals surface area (Å²) < 4.78 is 0. The molecule has 1 fully saturated rings. The van der Waals surface area contributed by atoms with Gasteiger partial charge in [-0.1, -0.05) is 52.0 Å². The lowest BCUT2D eigenvalue weighted by Crippen LogP contribution is -2.40. The van der Waals surface area contributed by atoms with Gasteiger partial charge in [0.15, 0.2) is 0 Å². The maximum Gasteiger partial charge on any atom is 0.241 e. The van der Waals surface area contributed by atoms with E-state index in [0.29, 0.717) is 12.0 Å². The highest BCUT2D eigenvalue weighted by Crippen LogP contribution is 2.33. The highest BCUT2D eigenvalue weighted by molar-refractivity contribution is 5.85. The van der Waals surface area contributed by atoms with Crippen molar-refractivity contribution in [3.8, 4) is 0 Å². The minimum atomic E-state index is -0.0739. The molecule has 1 heterocycles. The summed E-state index contributed by atoms with van der Waals surface area (Å²) in [5.41, 5.74) is 2.46. The van der Waals surface area contributed by atoms with Gasteiger partial charge in [-0.3, -0.25) is 10.1 Å². The minimum Gasteiger partial charge on any atom is -0.319 e. The van der Waals surface area contributed by atoms with Gasteiger partial charge in [-0.25, -0.2) is 0 Å². The highest BCUT2D eigenvalue weighted by atomic mass is 16.2. The summed E-state index contributed by atoms with van der Waals surface area (Å²) in [6.07, 6.45) is 2.00. The van der Waals surface area contributed by atoms with Crippen LogP contribution in [-0.2, 0) is 4.79 Å². The van der Waals surface area contributed by atoms with Crippen LogP contribution in [0.25, 0.3) is 0 Å². The third-order valence-electron chi connectivity index (χ3n) is 4.62. The fourth-order valence-corrected chi connectivity index (χ4v) is 3.29. The van der Waals surface area contributed by atoms with Crippen molar-refractivity contribution in [2.24, 2.45) is 5.92 Å². The van der Waals surface area contributed by atoms with Gasteiger partial charge in [0.05, 0.1) is 6.04 Å². The van der Waals surface area contributed by atoms with Gasteiger partial charge in [-0.2, -0.15) is 0 Å². The van der Waals surface area contributed by atoms with Crippen molar-refractivity contribution in [1.82, 2.24) is 10.2 Å². The van der Waals surface area contributed by atoms with E-state index >= 15 is 0 Å². The number of rotatable bonds is 5. The van der Waals surface area contributed by atoms with Crippen molar-refractivity contribution in [2.45, 2.75) is 65.7 Å². The predicted octanol–water partition coefficient (Wildman–Crippen LogP) is 3.64. The number of nitrogens with one attached hydrogen (secondary N) is 1. The first-order chi connectivity index (χ1) is 10.0. The van der Waals surface area contributed by atoms with Crippen LogP contribution in [0.1, 0.15) is 57.8 Å². The van der Waals surface area contributed by atoms with E-state index in [1.807, 2.05) is 0 Å². The molecule has 2 rings (SSSR count). The molecule has 2 unspecified atom stereocenters. The van der Waals surface area contributed by atoms with Gasteiger partial charge in [-0.05, 0) is 36.8 Å². The Labute approximate surface area is 128 Å². The van der Waals surface area contributed by atoms with Gasteiger partial charge in [0.1, 0.15) is 6.17 Å². The van der Waals surface area contributed by atoms with Crippen LogP contribution >= 0.6 is 0 Å². The zero-order valence-corrected chi connectivity index (χ0v) is 13.9. The number of carbonyl (C=O) groups excluding carboxylic acids is 1. The molecule has 3 heteroatoms. The Morgan fingerprint density at radius 3 is 2.33 bits per heavy atom. The molecular formula is C18H28N2O. The molecule has 2 atom stereocenters. The molecule has 0 aliphatic carbocycles. The molecule has 0 spiro atoms. The van der Waals surface area contributed by atoms with E-state index < -0.39 is 0 Å². The average molecular weight is 288 g/mol. The Morgan fingerprint density at radius 2 is 1.81 bits per heavy atom. The molecule has 1 aliphatic heterocycles. The van der Waals surface area contributed by atoms with Crippen LogP contribution in [0.4, 0.5) is 0 Å². The molecular weight excluding hydrogens is 260 g/mol. The molecule has 0 aromatic heterocycles. The van der Waals surface area contributed by atoms with Crippen molar-refractivity contribution in [3.05, 3.63) is 35.4 Å². The fraction of sp³-hybridized carbons (Fsp3) is 0.611. The molecule has 1 amide bonds. The van der Waals surface area contributed by atoms with Crippen molar-refractivity contribution < 1.29 is 4.79 Å². The summed E-state index contributed by atoms with van der Waals surface area (Å²) in [6, 6.07) is 8.60. The largest absolute Gasteiger partial charge is 0.319 e. The van der Waals surface area contributed by atoms with Crippen LogP contribution in [0.3, 0.4) is 0 Å². The molecule has 1 saturated heterocycles. The number of hydrogen-bond acceptors (Lipinski definition) is 2. The molecule has 116 valence electrons. The summed E-state index contributed by atoms with van der Waals surface area (Å²) in [4.78, 5) is 15.0. The fourth-order valence-electron chi connectivity index (χ4n) is 3.29. The normalized spacial score (nSPS) is 22.6. The van der Waals surface area contributed by atoms with Crippen molar-refractivity contribution in [2.75, 3.05) is 0 Å². The van der Waals surface area contributed by atoms with Crippen LogP contribution in [0, 0.1) is 12.8 Å². The number of carbonyl (C=O) groups is 1. The topological polar surface area (TPSA) is 32.3 Å². The highest BCUT2D eigenvalue weighted by Gasteiger charge is 2.43. The van der Waals surface area contributed by atoms with Crippen molar-refractivity contribution in [1.29, 1.82) is 0 Å². The van der Waals surface area contributed by atoms with Gasteiger partial charge in [-0.15, -0.1) is 0 Å². The lowest BCUT2D eigenvalue weighted by Gasteiger charge is -2.32. The second kappa shape index (κ2) is 6.61. The smallest absolute Gasteiger partial charge is 0.241 e. The first kappa shape index (κ1) is 16.0. The van der Waals surface area contributed by atoms with Gasteiger partial charge in [0, 0.05) is 6.04 Å². The Balaban J connectivity index is 2.41. The molecule has 1 aliphatic rings. The predicted molar refractivity (Wildman–Crippen MR) is 86.9 cm³/mol. The van der Waals surface area contributed by atoms with Crippen LogP contribution in [0.2, 0.25) is 0 Å². The van der Waals surface area contributed by atoms with Gasteiger partial charge >= 0.3 is 0 Å². The second-order valence-electron chi connectivity index (χ2n) is 6.36. The van der Waals surface area contributed by atoms with Gasteiger partial charge in [0.25, 0.3) is 0 Å². The number of nitrogens with zero attached hydrogens (tertiary/aromatic N) is 1. The Hall–Kier alpha value is -1.35. The number of amides is 1. The van der Waals surface area contributed by atoms with Crippen molar-refractivity contribution >= 4 is 5.91 Å². The van der Waals surface area contributed by atoms with E-state index in [9.17, 15) is 4.79 Å². The number of hydrogen-bond donors (Lipinski definition) is 1. The van der Waals surface area contributed by atoms with E-state index in [1.54, 1.807) is 0 Å². The van der Waals surface area contributed by atoms with Crippen molar-refractivity contribution in [3.63, 3.8) is 0 Å². The van der Waals surface area contributed by atoms with Crippen LogP contribution in [-0.4, -0.2) is 22.9 Å². The van der Waals surface area contributed by atoms with E-state index in [1.165, 1.54) is 11.1 Å². The first-order valence-electron chi connectivity index (χ1n) is 8.14. The minimum absolute atomic E-state index is 0.0102. The van der Waals surface area contributed by atoms with E-state index in [4.69, 9.17) is 0 Å². The molecule has 0 radical (unpaired) electrons. The lowest BCUT2D eigenvalue weighted by atomic mass is 10.0. The van der Waals surface area contributed by atoms with Crippen LogP contribution in [0.5, 0.6) is 0 Å². The van der Waals surface area contributed by atoms with E-state index in [-0.39, 0.29) is 18.1 Å². The number of benzene rings is 1. The molecule has 1 N–H and O–H groups in total. The molecule has 21 heavy (non-hydrogen) atoms. The van der Waals surface area contributed by atoms with Gasteiger partial charge in [0.2, 0.25) is 5.91 Å². The zero-order chi connectivity index (χ0) is 15.6. The SMILES string of the molecule is CCC(CC)N1C(=O)C(C(C)C)NC1c1ccccc1C. The number of aryl methyl sites for hydroxylation is 1. The zero-order valence-electron chi connectivity index (χ0n) is 13.9. The van der Waals surface area contributed by atoms with Crippen LogP contribution < -0.4 is 5.32 Å². The molecule has 1 aromatic carbocycles. The third-order valence-corrected chi connectivity index (χ3v) is 4.62. The first-order valence-corrected chi connectivity index (χ1v) is 8.14. The molecule has 3 nitrogen and oxygen atoms in total. The average Bonchev–Trinajstić information content (AvgIpc) is 2.79. The maximum absolute atomic E-state index is 12.9. The summed E-state index contributed by atoms with van der Waals surface area (Å²) >= 11 is 0. The summed E-state index contributed by atoms with van der Waals surface area (Å²) in [7, 11) is 0. The van der Waals surface area contributed by atoms with Gasteiger partial charge < -0.3 is 4.90 Å². The second-order valence-corrected chi connectivity index (χ2v) is 6.36. The molecule has 0 bridgehead atoms. The summed E-state index contributed by atoms with van der Waals surface area (Å²) in [6.45, 7) is 10.7. The monoisotopic (exact) mass is 288 g/mol. The Bertz CT molecular complexity index is 494. The maximum atomic E-state index is 12.9. The third kappa shape index (κ3) is 2.98. The summed E-state index contributed by atoms with van der Waals surface area (Å²) in [5.74, 6) is 0.565. The Kier molecular flexibility index (Phi) is 5.04. The standard InChI is InChI=1S/C18H28N2O/c1-6-14(7-2)20-17(15-11-9-8-10-13(15)5)19-16(12(3)4)18(20)21/h8-12,14,16-17,19H,6-7H2,1-5H3. The van der Waals surface area contributed by atoms with E-state index in [2.05, 4.69) is 69.1 Å². The van der Waals surface area contributed by atoms with Crippen LogP contribution in [0.15, 0.2) is 24.3 Å². The lowest BCUT2D eigenvalue weighted by molar-refractivity contribution is -0.133. The van der Waals surface area contributed by atoms with E-state index in [0.717, 1.165) is 12.8 Å². The molecule has 0 saturated carbocycles. The Morgan fingerprint density at radius 1 is 1.19 bits per heavy atom. The summed E-state index contributed by atoms with van der Waals surface area (Å²) in [5, 5.41) is 3.57. The quantitative estimate of drug-likeness (QED) is 0.897. The molecule has 1 aromatic rings.